The third-order valence-electron chi connectivity index (χ3n) is 3.68. The summed E-state index contributed by atoms with van der Waals surface area (Å²) < 4.78 is 1.49. The van der Waals surface area contributed by atoms with Crippen LogP contribution in [0.4, 0.5) is 0 Å². The van der Waals surface area contributed by atoms with E-state index < -0.39 is 0 Å². The highest BCUT2D eigenvalue weighted by molar-refractivity contribution is 8.01. The lowest BCUT2D eigenvalue weighted by atomic mass is 10.00. The highest BCUT2D eigenvalue weighted by Gasteiger charge is 2.26. The Hall–Kier alpha value is -0.0300. The fourth-order valence-electron chi connectivity index (χ4n) is 2.48. The van der Waals surface area contributed by atoms with Crippen LogP contribution in [-0.4, -0.2) is 23.5 Å². The van der Waals surface area contributed by atoms with Crippen molar-refractivity contribution in [2.24, 2.45) is 5.92 Å². The molecule has 0 aromatic carbocycles. The zero-order valence-electron chi connectivity index (χ0n) is 11.2. The molecule has 0 spiro atoms. The molecule has 0 bridgehead atoms. The van der Waals surface area contributed by atoms with Crippen molar-refractivity contribution in [1.29, 1.82) is 0 Å². The van der Waals surface area contributed by atoms with Crippen molar-refractivity contribution in [3.63, 3.8) is 0 Å². The van der Waals surface area contributed by atoms with Gasteiger partial charge in [-0.25, -0.2) is 0 Å². The van der Waals surface area contributed by atoms with Gasteiger partial charge in [-0.1, -0.05) is 20.3 Å². The van der Waals surface area contributed by atoms with Crippen molar-refractivity contribution in [3.8, 4) is 0 Å². The molecule has 2 rings (SSSR count). The van der Waals surface area contributed by atoms with Crippen LogP contribution in [0.5, 0.6) is 0 Å². The predicted octanol–water partition coefficient (Wildman–Crippen LogP) is 3.67. The van der Waals surface area contributed by atoms with E-state index in [0.717, 1.165) is 19.4 Å². The normalized spacial score (nSPS) is 24.8. The van der Waals surface area contributed by atoms with Gasteiger partial charge in [0.2, 0.25) is 0 Å². The van der Waals surface area contributed by atoms with Crippen molar-refractivity contribution in [1.82, 2.24) is 5.32 Å². The van der Waals surface area contributed by atoms with E-state index >= 15 is 0 Å². The van der Waals surface area contributed by atoms with Gasteiger partial charge in [0.1, 0.15) is 0 Å². The molecule has 0 radical (unpaired) electrons. The Bertz CT molecular complexity index is 366. The van der Waals surface area contributed by atoms with Gasteiger partial charge >= 0.3 is 0 Å². The molecule has 1 aliphatic rings. The van der Waals surface area contributed by atoms with Crippen LogP contribution in [0.15, 0.2) is 15.7 Å². The molecule has 0 saturated heterocycles. The third-order valence-corrected chi connectivity index (χ3v) is 6.02. The van der Waals surface area contributed by atoms with Crippen LogP contribution in [0.25, 0.3) is 0 Å². The quantitative estimate of drug-likeness (QED) is 0.836. The second-order valence-corrected chi connectivity index (χ2v) is 7.70. The third kappa shape index (κ3) is 3.50. The monoisotopic (exact) mass is 285 g/mol. The molecule has 1 aromatic heterocycles. The summed E-state index contributed by atoms with van der Waals surface area (Å²) in [6.45, 7) is 5.85. The highest BCUT2D eigenvalue weighted by atomic mass is 32.2. The molecule has 102 valence electrons. The smallest absolute Gasteiger partial charge is 0.0649 e. The van der Waals surface area contributed by atoms with Gasteiger partial charge in [0.15, 0.2) is 0 Å². The van der Waals surface area contributed by atoms with Crippen LogP contribution in [0, 0.1) is 5.92 Å². The Labute approximate surface area is 118 Å². The maximum absolute atomic E-state index is 9.04. The van der Waals surface area contributed by atoms with Crippen molar-refractivity contribution in [2.75, 3.05) is 13.2 Å². The number of thioether (sulfide) groups is 1. The second kappa shape index (κ2) is 6.94. The maximum atomic E-state index is 9.04. The minimum absolute atomic E-state index is 0.306. The van der Waals surface area contributed by atoms with E-state index in [1.54, 1.807) is 0 Å². The van der Waals surface area contributed by atoms with Gasteiger partial charge in [-0.2, -0.15) is 0 Å². The van der Waals surface area contributed by atoms with Gasteiger partial charge in [0.25, 0.3) is 0 Å². The first-order valence-electron chi connectivity index (χ1n) is 6.82. The summed E-state index contributed by atoms with van der Waals surface area (Å²) in [6, 6.07) is 2.78. The van der Waals surface area contributed by atoms with Gasteiger partial charge < -0.3 is 10.4 Å². The lowest BCUT2D eigenvalue weighted by molar-refractivity contribution is 0.247. The second-order valence-electron chi connectivity index (χ2n) is 5.07. The standard InChI is InChI=1S/C14H23NOS2/c1-3-11(4-6-16)9-15-13-8-10(2)18-14-12(13)5-7-17-14/h5,7,10-11,13,15-16H,3-4,6,8-9H2,1-2H3/t10-,11?,13?/m0/s1. The molecule has 0 saturated carbocycles. The summed E-state index contributed by atoms with van der Waals surface area (Å²) in [4.78, 5) is 0. The number of aliphatic hydroxyl groups is 1. The first-order valence-corrected chi connectivity index (χ1v) is 8.58. The average molecular weight is 285 g/mol. The number of hydrogen-bond acceptors (Lipinski definition) is 4. The Morgan fingerprint density at radius 2 is 2.39 bits per heavy atom. The van der Waals surface area contributed by atoms with Gasteiger partial charge in [0.05, 0.1) is 4.21 Å². The highest BCUT2D eigenvalue weighted by Crippen LogP contribution is 2.43. The minimum Gasteiger partial charge on any atom is -0.396 e. The molecular formula is C14H23NOS2. The average Bonchev–Trinajstić information content (AvgIpc) is 2.82. The maximum Gasteiger partial charge on any atom is 0.0649 e. The van der Waals surface area contributed by atoms with E-state index in [2.05, 4.69) is 30.6 Å². The molecule has 0 aliphatic carbocycles. The molecule has 1 aliphatic heterocycles. The van der Waals surface area contributed by atoms with E-state index in [9.17, 15) is 0 Å². The molecule has 0 fully saturated rings. The molecule has 3 atom stereocenters. The number of thiophene rings is 1. The van der Waals surface area contributed by atoms with Crippen molar-refractivity contribution in [2.45, 2.75) is 48.6 Å². The van der Waals surface area contributed by atoms with Gasteiger partial charge in [0, 0.05) is 17.9 Å². The molecular weight excluding hydrogens is 262 g/mol. The summed E-state index contributed by atoms with van der Waals surface area (Å²) in [5, 5.41) is 15.7. The number of hydrogen-bond donors (Lipinski definition) is 2. The molecule has 0 amide bonds. The van der Waals surface area contributed by atoms with E-state index in [0.29, 0.717) is 23.8 Å². The topological polar surface area (TPSA) is 32.3 Å². The Balaban J connectivity index is 1.94. The molecule has 18 heavy (non-hydrogen) atoms. The fourth-order valence-corrected chi connectivity index (χ4v) is 5.05. The van der Waals surface area contributed by atoms with Gasteiger partial charge in [-0.05, 0) is 42.3 Å². The zero-order chi connectivity index (χ0) is 13.0. The first kappa shape index (κ1) is 14.4. The van der Waals surface area contributed by atoms with Gasteiger partial charge in [-0.15, -0.1) is 23.1 Å². The molecule has 4 heteroatoms. The van der Waals surface area contributed by atoms with Crippen LogP contribution in [0.3, 0.4) is 0 Å². The summed E-state index contributed by atoms with van der Waals surface area (Å²) >= 11 is 3.88. The molecule has 2 N–H and O–H groups in total. The van der Waals surface area contributed by atoms with Crippen LogP contribution >= 0.6 is 23.1 Å². The van der Waals surface area contributed by atoms with Crippen LogP contribution < -0.4 is 5.32 Å². The van der Waals surface area contributed by atoms with E-state index in [1.807, 2.05) is 23.1 Å². The first-order chi connectivity index (χ1) is 8.74. The van der Waals surface area contributed by atoms with Crippen LogP contribution in [-0.2, 0) is 0 Å². The summed E-state index contributed by atoms with van der Waals surface area (Å²) in [6.07, 6.45) is 3.27. The lowest BCUT2D eigenvalue weighted by Gasteiger charge is -2.29. The number of fused-ring (bicyclic) bond motifs is 1. The van der Waals surface area contributed by atoms with E-state index in [1.165, 1.54) is 16.2 Å². The number of rotatable bonds is 6. The van der Waals surface area contributed by atoms with Gasteiger partial charge in [-0.3, -0.25) is 0 Å². The Morgan fingerprint density at radius 3 is 3.11 bits per heavy atom. The van der Waals surface area contributed by atoms with E-state index in [4.69, 9.17) is 5.11 Å². The molecule has 1 aromatic rings. The summed E-state index contributed by atoms with van der Waals surface area (Å²) in [5.74, 6) is 0.599. The largest absolute Gasteiger partial charge is 0.396 e. The predicted molar refractivity (Wildman–Crippen MR) is 80.5 cm³/mol. The Kier molecular flexibility index (Phi) is 5.55. The van der Waals surface area contributed by atoms with Crippen LogP contribution in [0.2, 0.25) is 0 Å². The van der Waals surface area contributed by atoms with Crippen molar-refractivity contribution >= 4 is 23.1 Å². The zero-order valence-corrected chi connectivity index (χ0v) is 12.8. The van der Waals surface area contributed by atoms with Crippen molar-refractivity contribution in [3.05, 3.63) is 17.0 Å². The van der Waals surface area contributed by atoms with Crippen molar-refractivity contribution < 1.29 is 5.11 Å². The fraction of sp³-hybridized carbons (Fsp3) is 0.714. The Morgan fingerprint density at radius 1 is 1.56 bits per heavy atom. The summed E-state index contributed by atoms with van der Waals surface area (Å²) in [7, 11) is 0. The molecule has 2 unspecified atom stereocenters. The summed E-state index contributed by atoms with van der Waals surface area (Å²) in [5.41, 5.74) is 1.49. The number of nitrogens with one attached hydrogen (secondary N) is 1. The number of aliphatic hydroxyl groups excluding tert-OH is 1. The van der Waals surface area contributed by atoms with Crippen LogP contribution in [0.1, 0.15) is 44.7 Å². The molecule has 2 nitrogen and oxygen atoms in total. The SMILES string of the molecule is CCC(CCO)CNC1C[C@H](C)Sc2sccc21. The van der Waals surface area contributed by atoms with E-state index in [-0.39, 0.29) is 0 Å². The molecule has 2 heterocycles. The lowest BCUT2D eigenvalue weighted by Crippen LogP contribution is -2.30. The minimum atomic E-state index is 0.306.